The van der Waals surface area contributed by atoms with E-state index in [0.717, 1.165) is 12.0 Å². The first-order valence-electron chi connectivity index (χ1n) is 6.18. The molecule has 0 bridgehead atoms. The standard InChI is InChI=1S/C14H16BNO3/c1-3-10(4-2)14(17)16-12-6-5-11-7-8-19-15(18)13(11)9-12/h3-6,9,18H,1,7-8H2,2H3,(H,16,17)/b10-4+. The number of nitrogens with one attached hydrogen (secondary N) is 1. The summed E-state index contributed by atoms with van der Waals surface area (Å²) in [6, 6.07) is 5.47. The van der Waals surface area contributed by atoms with E-state index in [-0.39, 0.29) is 5.91 Å². The zero-order chi connectivity index (χ0) is 13.8. The van der Waals surface area contributed by atoms with E-state index in [9.17, 15) is 9.82 Å². The maximum atomic E-state index is 11.9. The van der Waals surface area contributed by atoms with Gasteiger partial charge in [0.25, 0.3) is 5.91 Å². The highest BCUT2D eigenvalue weighted by Gasteiger charge is 2.24. The molecule has 0 fully saturated rings. The van der Waals surface area contributed by atoms with Crippen LogP contribution in [0.15, 0.2) is 42.5 Å². The molecule has 1 heterocycles. The SMILES string of the molecule is C=C/C(=C\C)C(=O)Nc1ccc2c(c1)B(O)OCC2. The summed E-state index contributed by atoms with van der Waals surface area (Å²) in [4.78, 5) is 11.9. The Hall–Kier alpha value is -1.85. The lowest BCUT2D eigenvalue weighted by atomic mass is 9.73. The van der Waals surface area contributed by atoms with Crippen molar-refractivity contribution in [3.8, 4) is 0 Å². The molecule has 0 unspecified atom stereocenters. The van der Waals surface area contributed by atoms with E-state index in [1.807, 2.05) is 12.1 Å². The van der Waals surface area contributed by atoms with Crippen LogP contribution in [0.1, 0.15) is 12.5 Å². The first kappa shape index (κ1) is 13.6. The van der Waals surface area contributed by atoms with Crippen molar-refractivity contribution in [3.63, 3.8) is 0 Å². The highest BCUT2D eigenvalue weighted by atomic mass is 16.5. The van der Waals surface area contributed by atoms with Gasteiger partial charge in [0.05, 0.1) is 0 Å². The second-order valence-corrected chi connectivity index (χ2v) is 4.29. The summed E-state index contributed by atoms with van der Waals surface area (Å²) in [6.45, 7) is 5.88. The van der Waals surface area contributed by atoms with Gasteiger partial charge in [-0.2, -0.15) is 0 Å². The Morgan fingerprint density at radius 3 is 3.05 bits per heavy atom. The number of carbonyl (C=O) groups is 1. The summed E-state index contributed by atoms with van der Waals surface area (Å²) in [7, 11) is -0.916. The second kappa shape index (κ2) is 5.86. The highest BCUT2D eigenvalue weighted by molar-refractivity contribution is 6.61. The molecule has 0 atom stereocenters. The Morgan fingerprint density at radius 2 is 2.37 bits per heavy atom. The largest absolute Gasteiger partial charge is 0.491 e. The first-order chi connectivity index (χ1) is 9.15. The molecule has 1 aromatic rings. The molecule has 0 saturated heterocycles. The smallest absolute Gasteiger partial charge is 0.423 e. The van der Waals surface area contributed by atoms with Crippen molar-refractivity contribution >= 4 is 24.2 Å². The third-order valence-corrected chi connectivity index (χ3v) is 3.11. The molecule has 1 amide bonds. The summed E-state index contributed by atoms with van der Waals surface area (Å²) >= 11 is 0. The van der Waals surface area contributed by atoms with Crippen LogP contribution in [0.4, 0.5) is 5.69 Å². The Labute approximate surface area is 112 Å². The third-order valence-electron chi connectivity index (χ3n) is 3.11. The van der Waals surface area contributed by atoms with Gasteiger partial charge in [-0.15, -0.1) is 0 Å². The molecular weight excluding hydrogens is 241 g/mol. The van der Waals surface area contributed by atoms with Gasteiger partial charge in [0.1, 0.15) is 0 Å². The van der Waals surface area contributed by atoms with Gasteiger partial charge < -0.3 is 15.0 Å². The Bertz CT molecular complexity index is 539. The van der Waals surface area contributed by atoms with Crippen molar-refractivity contribution in [2.45, 2.75) is 13.3 Å². The number of anilines is 1. The van der Waals surface area contributed by atoms with Crippen molar-refractivity contribution in [2.75, 3.05) is 11.9 Å². The topological polar surface area (TPSA) is 58.6 Å². The average molecular weight is 257 g/mol. The Balaban J connectivity index is 2.21. The fourth-order valence-corrected chi connectivity index (χ4v) is 2.05. The highest BCUT2D eigenvalue weighted by Crippen LogP contribution is 2.13. The fraction of sp³-hybridized carbons (Fsp3) is 0.214. The van der Waals surface area contributed by atoms with Crippen molar-refractivity contribution in [1.82, 2.24) is 0 Å². The zero-order valence-corrected chi connectivity index (χ0v) is 10.8. The molecule has 4 nitrogen and oxygen atoms in total. The van der Waals surface area contributed by atoms with Crippen molar-refractivity contribution in [1.29, 1.82) is 0 Å². The minimum atomic E-state index is -0.916. The third kappa shape index (κ3) is 2.94. The van der Waals surface area contributed by atoms with Crippen LogP contribution < -0.4 is 10.8 Å². The van der Waals surface area contributed by atoms with Gasteiger partial charge in [-0.05, 0) is 36.5 Å². The predicted molar refractivity (Wildman–Crippen MR) is 76.3 cm³/mol. The number of hydrogen-bond donors (Lipinski definition) is 2. The van der Waals surface area contributed by atoms with Crippen LogP contribution in [0.2, 0.25) is 0 Å². The monoisotopic (exact) mass is 257 g/mol. The Morgan fingerprint density at radius 1 is 1.58 bits per heavy atom. The summed E-state index contributed by atoms with van der Waals surface area (Å²) in [6.07, 6.45) is 3.97. The lowest BCUT2D eigenvalue weighted by Crippen LogP contribution is -2.41. The van der Waals surface area contributed by atoms with Crippen LogP contribution >= 0.6 is 0 Å². The van der Waals surface area contributed by atoms with Gasteiger partial charge in [-0.25, -0.2) is 0 Å². The van der Waals surface area contributed by atoms with Crippen molar-refractivity contribution < 1.29 is 14.5 Å². The average Bonchev–Trinajstić information content (AvgIpc) is 2.41. The number of amides is 1. The molecular formula is C14H16BNO3. The second-order valence-electron chi connectivity index (χ2n) is 4.29. The molecule has 1 aromatic carbocycles. The zero-order valence-electron chi connectivity index (χ0n) is 10.8. The first-order valence-corrected chi connectivity index (χ1v) is 6.18. The summed E-state index contributed by atoms with van der Waals surface area (Å²) in [5.41, 5.74) is 2.90. The van der Waals surface area contributed by atoms with E-state index >= 15 is 0 Å². The van der Waals surface area contributed by atoms with Gasteiger partial charge in [-0.1, -0.05) is 24.8 Å². The van der Waals surface area contributed by atoms with Gasteiger partial charge in [-0.3, -0.25) is 4.79 Å². The van der Waals surface area contributed by atoms with E-state index in [0.29, 0.717) is 23.3 Å². The van der Waals surface area contributed by atoms with Gasteiger partial charge >= 0.3 is 7.12 Å². The molecule has 0 saturated carbocycles. The van der Waals surface area contributed by atoms with E-state index in [4.69, 9.17) is 4.65 Å². The Kier molecular flexibility index (Phi) is 4.19. The van der Waals surface area contributed by atoms with Crippen LogP contribution in [-0.2, 0) is 15.9 Å². The maximum Gasteiger partial charge on any atom is 0.491 e. The molecule has 0 spiro atoms. The molecule has 1 aliphatic heterocycles. The van der Waals surface area contributed by atoms with E-state index in [1.54, 1.807) is 19.1 Å². The minimum absolute atomic E-state index is 0.219. The summed E-state index contributed by atoms with van der Waals surface area (Å²) in [5, 5.41) is 12.5. The van der Waals surface area contributed by atoms with Crippen LogP contribution in [0, 0.1) is 0 Å². The van der Waals surface area contributed by atoms with Crippen LogP contribution in [0.25, 0.3) is 0 Å². The minimum Gasteiger partial charge on any atom is -0.423 e. The number of fused-ring (bicyclic) bond motifs is 1. The lowest BCUT2D eigenvalue weighted by molar-refractivity contribution is -0.112. The molecule has 0 aliphatic carbocycles. The van der Waals surface area contributed by atoms with Crippen LogP contribution in [0.3, 0.4) is 0 Å². The fourth-order valence-electron chi connectivity index (χ4n) is 2.05. The molecule has 0 aromatic heterocycles. The summed E-state index contributed by atoms with van der Waals surface area (Å²) in [5.74, 6) is -0.219. The van der Waals surface area contributed by atoms with Crippen LogP contribution in [-0.4, -0.2) is 24.7 Å². The normalized spacial score (nSPS) is 14.8. The lowest BCUT2D eigenvalue weighted by Gasteiger charge is -2.19. The van der Waals surface area contributed by atoms with Crippen molar-refractivity contribution in [3.05, 3.63) is 48.1 Å². The number of benzene rings is 1. The van der Waals surface area contributed by atoms with E-state index < -0.39 is 7.12 Å². The molecule has 98 valence electrons. The molecule has 2 N–H and O–H groups in total. The number of allylic oxidation sites excluding steroid dienone is 1. The summed E-state index contributed by atoms with van der Waals surface area (Å²) < 4.78 is 5.17. The molecule has 1 aliphatic rings. The van der Waals surface area contributed by atoms with Gasteiger partial charge in [0.15, 0.2) is 0 Å². The van der Waals surface area contributed by atoms with E-state index in [1.165, 1.54) is 6.08 Å². The molecule has 19 heavy (non-hydrogen) atoms. The van der Waals surface area contributed by atoms with Crippen LogP contribution in [0.5, 0.6) is 0 Å². The van der Waals surface area contributed by atoms with Crippen molar-refractivity contribution in [2.24, 2.45) is 0 Å². The molecule has 2 rings (SSSR count). The van der Waals surface area contributed by atoms with Gasteiger partial charge in [0, 0.05) is 17.9 Å². The maximum absolute atomic E-state index is 11.9. The number of hydrogen-bond acceptors (Lipinski definition) is 3. The molecule has 0 radical (unpaired) electrons. The number of carbonyl (C=O) groups excluding carboxylic acids is 1. The number of rotatable bonds is 3. The molecule has 5 heteroatoms. The predicted octanol–water partition coefficient (Wildman–Crippen LogP) is 1.02. The van der Waals surface area contributed by atoms with Gasteiger partial charge in [0.2, 0.25) is 0 Å². The van der Waals surface area contributed by atoms with E-state index in [2.05, 4.69) is 11.9 Å². The quantitative estimate of drug-likeness (QED) is 0.483.